The number of carbonyl (C=O) groups is 1. The minimum Gasteiger partial charge on any atom is -0.307 e. The van der Waals surface area contributed by atoms with Crippen molar-refractivity contribution in [3.8, 4) is 0 Å². The van der Waals surface area contributed by atoms with Crippen molar-refractivity contribution in [1.82, 2.24) is 5.32 Å². The fraction of sp³-hybridized carbons (Fsp3) is 0. The summed E-state index contributed by atoms with van der Waals surface area (Å²) >= 11 is 9.21. The third kappa shape index (κ3) is 2.50. The van der Waals surface area contributed by atoms with E-state index in [1.165, 1.54) is 12.1 Å². The van der Waals surface area contributed by atoms with Gasteiger partial charge in [0.05, 0.1) is 4.91 Å². The zero-order valence-electron chi connectivity index (χ0n) is 7.79. The molecule has 82 valence electrons. The van der Waals surface area contributed by atoms with E-state index in [0.717, 1.165) is 16.2 Å². The van der Waals surface area contributed by atoms with Gasteiger partial charge >= 0.3 is 0 Å². The van der Waals surface area contributed by atoms with Gasteiger partial charge in [-0.2, -0.15) is 0 Å². The van der Waals surface area contributed by atoms with Crippen molar-refractivity contribution < 1.29 is 9.18 Å². The van der Waals surface area contributed by atoms with Crippen molar-refractivity contribution in [3.05, 3.63) is 39.0 Å². The molecule has 0 spiro atoms. The lowest BCUT2D eigenvalue weighted by molar-refractivity contribution is -0.115. The van der Waals surface area contributed by atoms with Crippen LogP contribution in [0.15, 0.2) is 27.6 Å². The van der Waals surface area contributed by atoms with Crippen LogP contribution < -0.4 is 5.32 Å². The topological polar surface area (TPSA) is 29.1 Å². The van der Waals surface area contributed by atoms with Gasteiger partial charge in [-0.25, -0.2) is 4.39 Å². The molecule has 0 aromatic heterocycles. The lowest BCUT2D eigenvalue weighted by Gasteiger charge is -1.98. The highest BCUT2D eigenvalue weighted by Crippen LogP contribution is 2.27. The van der Waals surface area contributed by atoms with E-state index in [1.807, 2.05) is 0 Å². The summed E-state index contributed by atoms with van der Waals surface area (Å²) in [5.74, 6) is -0.656. The number of nitrogens with one attached hydrogen (secondary N) is 1. The van der Waals surface area contributed by atoms with Crippen LogP contribution in [0.4, 0.5) is 4.39 Å². The predicted octanol–water partition coefficient (Wildman–Crippen LogP) is 3.08. The van der Waals surface area contributed by atoms with Gasteiger partial charge < -0.3 is 5.32 Å². The summed E-state index contributed by atoms with van der Waals surface area (Å²) in [7, 11) is 0. The second-order valence-corrected chi connectivity index (χ2v) is 5.65. The minimum absolute atomic E-state index is 0.283. The zero-order valence-corrected chi connectivity index (χ0v) is 11.0. The molecule has 0 atom stereocenters. The molecule has 1 aliphatic heterocycles. The molecule has 1 fully saturated rings. The average Bonchev–Trinajstić information content (AvgIpc) is 2.51. The maximum atomic E-state index is 13.4. The molecule has 1 heterocycles. The average molecular weight is 318 g/mol. The van der Waals surface area contributed by atoms with E-state index in [9.17, 15) is 9.18 Å². The molecule has 2 nitrogen and oxygen atoms in total. The number of rotatable bonds is 1. The van der Waals surface area contributed by atoms with Crippen LogP contribution in [-0.4, -0.2) is 10.2 Å². The fourth-order valence-electron chi connectivity index (χ4n) is 1.19. The molecule has 1 N–H and O–H groups in total. The number of halogens is 2. The zero-order chi connectivity index (χ0) is 11.7. The summed E-state index contributed by atoms with van der Waals surface area (Å²) in [6.45, 7) is 0. The number of hydrogen-bond acceptors (Lipinski definition) is 3. The summed E-state index contributed by atoms with van der Waals surface area (Å²) in [5, 5.41) is 2.47. The molecule has 1 saturated heterocycles. The molecule has 0 radical (unpaired) electrons. The summed E-state index contributed by atoms with van der Waals surface area (Å²) in [5.41, 5.74) is 0.358. The summed E-state index contributed by atoms with van der Waals surface area (Å²) < 4.78 is 14.6. The number of benzene rings is 1. The number of hydrogen-bond donors (Lipinski definition) is 1. The van der Waals surface area contributed by atoms with Crippen LogP contribution in [0.25, 0.3) is 6.08 Å². The third-order valence-corrected chi connectivity index (χ3v) is 3.54. The van der Waals surface area contributed by atoms with E-state index in [2.05, 4.69) is 21.2 Å². The van der Waals surface area contributed by atoms with Crippen LogP contribution in [0.5, 0.6) is 0 Å². The predicted molar refractivity (Wildman–Crippen MR) is 70.4 cm³/mol. The molecule has 0 aliphatic carbocycles. The summed E-state index contributed by atoms with van der Waals surface area (Å²) in [4.78, 5) is 11.8. The highest BCUT2D eigenvalue weighted by molar-refractivity contribution is 9.10. The molecule has 1 aromatic rings. The van der Waals surface area contributed by atoms with Crippen molar-refractivity contribution in [2.24, 2.45) is 0 Å². The number of thiocarbonyl (C=S) groups is 1. The van der Waals surface area contributed by atoms with E-state index >= 15 is 0 Å². The van der Waals surface area contributed by atoms with E-state index in [0.29, 0.717) is 14.8 Å². The molecule has 1 aromatic carbocycles. The lowest BCUT2D eigenvalue weighted by Crippen LogP contribution is -2.17. The molecule has 6 heteroatoms. The van der Waals surface area contributed by atoms with Crippen LogP contribution in [-0.2, 0) is 4.79 Å². The van der Waals surface area contributed by atoms with Gasteiger partial charge in [0.2, 0.25) is 0 Å². The van der Waals surface area contributed by atoms with E-state index < -0.39 is 0 Å². The van der Waals surface area contributed by atoms with Crippen molar-refractivity contribution in [2.75, 3.05) is 0 Å². The first-order chi connectivity index (χ1) is 7.56. The number of thioether (sulfide) groups is 1. The van der Waals surface area contributed by atoms with Gasteiger partial charge in [-0.1, -0.05) is 39.9 Å². The Hall–Kier alpha value is -0.720. The maximum absolute atomic E-state index is 13.4. The fourth-order valence-corrected chi connectivity index (χ4v) is 2.60. The van der Waals surface area contributed by atoms with Crippen molar-refractivity contribution in [2.45, 2.75) is 0 Å². The maximum Gasteiger partial charge on any atom is 0.263 e. The third-order valence-electron chi connectivity index (χ3n) is 1.89. The molecule has 0 saturated carbocycles. The SMILES string of the molecule is O=C1NC(=S)S/C1=C/c1cc(Br)ccc1F. The quantitative estimate of drug-likeness (QED) is 0.637. The van der Waals surface area contributed by atoms with Crippen molar-refractivity contribution in [1.29, 1.82) is 0 Å². The Labute approximate surface area is 109 Å². The Morgan fingerprint density at radius 1 is 1.50 bits per heavy atom. The minimum atomic E-state index is -0.373. The van der Waals surface area contributed by atoms with Crippen LogP contribution in [0.2, 0.25) is 0 Å². The van der Waals surface area contributed by atoms with E-state index in [-0.39, 0.29) is 11.7 Å². The standard InChI is InChI=1S/C10H5BrFNOS2/c11-6-1-2-7(12)5(3-6)4-8-9(14)13-10(15)16-8/h1-4H,(H,13,14,15)/b8-4+. The Bertz CT molecular complexity index is 516. The first-order valence-corrected chi connectivity index (χ1v) is 6.28. The van der Waals surface area contributed by atoms with Crippen molar-refractivity contribution >= 4 is 56.2 Å². The van der Waals surface area contributed by atoms with Crippen molar-refractivity contribution in [3.63, 3.8) is 0 Å². The molecular formula is C10H5BrFNOS2. The summed E-state index contributed by atoms with van der Waals surface area (Å²) in [6, 6.07) is 4.55. The van der Waals surface area contributed by atoms with Crippen LogP contribution >= 0.6 is 39.9 Å². The Morgan fingerprint density at radius 3 is 2.88 bits per heavy atom. The van der Waals surface area contributed by atoms with Crippen LogP contribution in [0, 0.1) is 5.82 Å². The smallest absolute Gasteiger partial charge is 0.263 e. The molecule has 1 amide bonds. The first-order valence-electron chi connectivity index (χ1n) is 4.26. The first kappa shape index (κ1) is 11.8. The lowest BCUT2D eigenvalue weighted by atomic mass is 10.2. The van der Waals surface area contributed by atoms with Gasteiger partial charge in [0.25, 0.3) is 5.91 Å². The normalized spacial score (nSPS) is 18.0. The van der Waals surface area contributed by atoms with Gasteiger partial charge in [0, 0.05) is 10.0 Å². The summed E-state index contributed by atoms with van der Waals surface area (Å²) in [6.07, 6.45) is 1.49. The highest BCUT2D eigenvalue weighted by atomic mass is 79.9. The monoisotopic (exact) mass is 317 g/mol. The van der Waals surface area contributed by atoms with E-state index in [4.69, 9.17) is 12.2 Å². The van der Waals surface area contributed by atoms with Gasteiger partial charge in [-0.15, -0.1) is 0 Å². The van der Waals surface area contributed by atoms with Gasteiger partial charge in [0.1, 0.15) is 10.1 Å². The Morgan fingerprint density at radius 2 is 2.25 bits per heavy atom. The van der Waals surface area contributed by atoms with Gasteiger partial charge in [-0.3, -0.25) is 4.79 Å². The Kier molecular flexibility index (Phi) is 3.41. The van der Waals surface area contributed by atoms with Gasteiger partial charge in [-0.05, 0) is 24.3 Å². The Balaban J connectivity index is 2.39. The number of amides is 1. The molecule has 16 heavy (non-hydrogen) atoms. The number of carbonyl (C=O) groups excluding carboxylic acids is 1. The van der Waals surface area contributed by atoms with Gasteiger partial charge in [0.15, 0.2) is 0 Å². The second-order valence-electron chi connectivity index (χ2n) is 3.02. The second kappa shape index (κ2) is 4.65. The largest absolute Gasteiger partial charge is 0.307 e. The molecule has 2 rings (SSSR count). The molecule has 0 unspecified atom stereocenters. The van der Waals surface area contributed by atoms with E-state index in [1.54, 1.807) is 12.1 Å². The van der Waals surface area contributed by atoms with Crippen LogP contribution in [0.1, 0.15) is 5.56 Å². The molecule has 1 aliphatic rings. The highest BCUT2D eigenvalue weighted by Gasteiger charge is 2.22. The molecule has 0 bridgehead atoms. The molecular weight excluding hydrogens is 313 g/mol. The van der Waals surface area contributed by atoms with Crippen LogP contribution in [0.3, 0.4) is 0 Å².